The molecule has 1 heterocycles. The third-order valence-corrected chi connectivity index (χ3v) is 3.06. The summed E-state index contributed by atoms with van der Waals surface area (Å²) in [6, 6.07) is 0. The monoisotopic (exact) mass is 292 g/mol. The number of rotatable bonds is 7. The fourth-order valence-corrected chi connectivity index (χ4v) is 2.30. The van der Waals surface area contributed by atoms with Crippen molar-refractivity contribution in [2.75, 3.05) is 20.8 Å². The zero-order chi connectivity index (χ0) is 15.3. The summed E-state index contributed by atoms with van der Waals surface area (Å²) in [4.78, 5) is 0. The van der Waals surface area contributed by atoms with Gasteiger partial charge in [0, 0.05) is 14.2 Å². The van der Waals surface area contributed by atoms with Gasteiger partial charge in [-0.15, -0.1) is 0 Å². The molecule has 1 aliphatic heterocycles. The number of hydrogen-bond donors (Lipinski definition) is 1. The average Bonchev–Trinajstić information content (AvgIpc) is 2.33. The Hall–Kier alpha value is -0.240. The first kappa shape index (κ1) is 17.8. The van der Waals surface area contributed by atoms with E-state index in [4.69, 9.17) is 23.7 Å². The number of aliphatic hydroxyl groups is 1. The quantitative estimate of drug-likeness (QED) is 0.753. The van der Waals surface area contributed by atoms with Crippen LogP contribution in [0.3, 0.4) is 0 Å². The molecule has 0 aromatic rings. The van der Waals surface area contributed by atoms with Crippen LogP contribution < -0.4 is 0 Å². The van der Waals surface area contributed by atoms with Crippen molar-refractivity contribution in [3.63, 3.8) is 0 Å². The molecule has 0 aromatic carbocycles. The summed E-state index contributed by atoms with van der Waals surface area (Å²) >= 11 is 0. The molecule has 0 amide bonds. The Balaban J connectivity index is 2.85. The summed E-state index contributed by atoms with van der Waals surface area (Å²) in [5, 5.41) is 10.5. The predicted molar refractivity (Wildman–Crippen MR) is 73.6 cm³/mol. The fourth-order valence-electron chi connectivity index (χ4n) is 2.30. The Morgan fingerprint density at radius 1 is 1.00 bits per heavy atom. The van der Waals surface area contributed by atoms with Crippen LogP contribution in [0.1, 0.15) is 27.7 Å². The van der Waals surface area contributed by atoms with Gasteiger partial charge in [-0.1, -0.05) is 0 Å². The van der Waals surface area contributed by atoms with Gasteiger partial charge in [0.1, 0.15) is 24.4 Å². The highest BCUT2D eigenvalue weighted by Gasteiger charge is 2.47. The van der Waals surface area contributed by atoms with Crippen LogP contribution in [0.2, 0.25) is 0 Å². The van der Waals surface area contributed by atoms with Gasteiger partial charge in [-0.3, -0.25) is 0 Å². The zero-order valence-electron chi connectivity index (χ0n) is 13.2. The van der Waals surface area contributed by atoms with Crippen LogP contribution >= 0.6 is 0 Å². The third kappa shape index (κ3) is 4.65. The molecule has 0 spiro atoms. The highest BCUT2D eigenvalue weighted by atomic mass is 16.7. The molecule has 0 radical (unpaired) electrons. The van der Waals surface area contributed by atoms with E-state index in [1.807, 2.05) is 27.7 Å². The lowest BCUT2D eigenvalue weighted by atomic mass is 9.98. The molecule has 20 heavy (non-hydrogen) atoms. The summed E-state index contributed by atoms with van der Waals surface area (Å²) < 4.78 is 27.8. The minimum Gasteiger partial charge on any atom is -0.387 e. The fraction of sp³-hybridized carbons (Fsp3) is 1.00. The Morgan fingerprint density at radius 2 is 1.60 bits per heavy atom. The van der Waals surface area contributed by atoms with E-state index in [0.29, 0.717) is 6.61 Å². The molecule has 0 aromatic heterocycles. The second-order valence-electron chi connectivity index (χ2n) is 5.52. The lowest BCUT2D eigenvalue weighted by Gasteiger charge is -2.44. The topological polar surface area (TPSA) is 66.4 Å². The number of methoxy groups -OCH3 is 2. The molecule has 1 fully saturated rings. The molecule has 1 N–H and O–H groups in total. The molecule has 0 aliphatic carbocycles. The highest BCUT2D eigenvalue weighted by Crippen LogP contribution is 2.27. The van der Waals surface area contributed by atoms with Crippen molar-refractivity contribution in [1.82, 2.24) is 0 Å². The Labute approximate surface area is 121 Å². The summed E-state index contributed by atoms with van der Waals surface area (Å²) in [5.41, 5.74) is 0. The maximum absolute atomic E-state index is 10.5. The molecule has 1 saturated heterocycles. The van der Waals surface area contributed by atoms with E-state index in [0.717, 1.165) is 0 Å². The van der Waals surface area contributed by atoms with Crippen molar-refractivity contribution in [2.24, 2.45) is 0 Å². The van der Waals surface area contributed by atoms with Gasteiger partial charge < -0.3 is 28.8 Å². The predicted octanol–water partition coefficient (Wildman–Crippen LogP) is 0.952. The van der Waals surface area contributed by atoms with Crippen LogP contribution in [-0.2, 0) is 23.7 Å². The van der Waals surface area contributed by atoms with Gasteiger partial charge in [-0.05, 0) is 27.7 Å². The minimum absolute atomic E-state index is 0.0299. The zero-order valence-corrected chi connectivity index (χ0v) is 13.2. The van der Waals surface area contributed by atoms with Crippen molar-refractivity contribution in [2.45, 2.75) is 70.6 Å². The molecule has 6 heteroatoms. The van der Waals surface area contributed by atoms with Gasteiger partial charge in [0.15, 0.2) is 6.29 Å². The molecular formula is C14H28O6. The second kappa shape index (κ2) is 8.26. The van der Waals surface area contributed by atoms with Crippen molar-refractivity contribution >= 4 is 0 Å². The SMILES string of the molecule is COC[C@H]1O[C@@H](OC(C)C)[C@@H](OC)[C@@H](O)[C@@H]1OC(C)C. The van der Waals surface area contributed by atoms with Crippen LogP contribution in [0, 0.1) is 0 Å². The first-order valence-corrected chi connectivity index (χ1v) is 7.06. The van der Waals surface area contributed by atoms with Crippen molar-refractivity contribution in [1.29, 1.82) is 0 Å². The Kier molecular flexibility index (Phi) is 7.36. The Bertz CT molecular complexity index is 268. The normalized spacial score (nSPS) is 35.0. The lowest BCUT2D eigenvalue weighted by molar-refractivity contribution is -0.322. The average molecular weight is 292 g/mol. The van der Waals surface area contributed by atoms with E-state index in [2.05, 4.69) is 0 Å². The van der Waals surface area contributed by atoms with Crippen LogP contribution in [0.25, 0.3) is 0 Å². The van der Waals surface area contributed by atoms with Crippen molar-refractivity contribution in [3.8, 4) is 0 Å². The first-order valence-electron chi connectivity index (χ1n) is 7.06. The van der Waals surface area contributed by atoms with E-state index in [-0.39, 0.29) is 12.2 Å². The van der Waals surface area contributed by atoms with Crippen LogP contribution in [0.4, 0.5) is 0 Å². The first-order chi connectivity index (χ1) is 9.40. The summed E-state index contributed by atoms with van der Waals surface area (Å²) in [6.07, 6.45) is -3.02. The van der Waals surface area contributed by atoms with Gasteiger partial charge in [0.25, 0.3) is 0 Å². The van der Waals surface area contributed by atoms with Crippen LogP contribution in [0.5, 0.6) is 0 Å². The molecule has 0 unspecified atom stereocenters. The highest BCUT2D eigenvalue weighted by molar-refractivity contribution is 4.91. The van der Waals surface area contributed by atoms with Gasteiger partial charge in [-0.25, -0.2) is 0 Å². The third-order valence-electron chi connectivity index (χ3n) is 3.06. The number of hydrogen-bond acceptors (Lipinski definition) is 6. The molecule has 0 bridgehead atoms. The largest absolute Gasteiger partial charge is 0.387 e. The summed E-state index contributed by atoms with van der Waals surface area (Å²) in [7, 11) is 3.11. The summed E-state index contributed by atoms with van der Waals surface area (Å²) in [6.45, 7) is 7.96. The molecule has 0 saturated carbocycles. The number of aliphatic hydroxyl groups excluding tert-OH is 1. The maximum atomic E-state index is 10.5. The molecular weight excluding hydrogens is 264 g/mol. The molecule has 5 atom stereocenters. The van der Waals surface area contributed by atoms with E-state index < -0.39 is 30.7 Å². The molecule has 6 nitrogen and oxygen atoms in total. The Morgan fingerprint density at radius 3 is 2.05 bits per heavy atom. The van der Waals surface area contributed by atoms with E-state index in [1.165, 1.54) is 7.11 Å². The minimum atomic E-state index is -0.833. The van der Waals surface area contributed by atoms with Gasteiger partial charge >= 0.3 is 0 Å². The standard InChI is InChI=1S/C14H28O6/c1-8(2)18-12-10(7-16-5)20-14(19-9(3)4)13(17-6)11(12)15/h8-15H,7H2,1-6H3/t10-,11+,12-,13+,14-/m1/s1. The smallest absolute Gasteiger partial charge is 0.187 e. The van der Waals surface area contributed by atoms with Crippen molar-refractivity contribution in [3.05, 3.63) is 0 Å². The second-order valence-corrected chi connectivity index (χ2v) is 5.52. The van der Waals surface area contributed by atoms with E-state index in [1.54, 1.807) is 7.11 Å². The lowest BCUT2D eigenvalue weighted by Crippen LogP contribution is -2.61. The molecule has 1 aliphatic rings. The maximum Gasteiger partial charge on any atom is 0.187 e. The van der Waals surface area contributed by atoms with Crippen LogP contribution in [0.15, 0.2) is 0 Å². The summed E-state index contributed by atoms with van der Waals surface area (Å²) in [5.74, 6) is 0. The van der Waals surface area contributed by atoms with Gasteiger partial charge in [0.2, 0.25) is 0 Å². The van der Waals surface area contributed by atoms with E-state index in [9.17, 15) is 5.11 Å². The van der Waals surface area contributed by atoms with Crippen LogP contribution in [-0.4, -0.2) is 68.8 Å². The van der Waals surface area contributed by atoms with Gasteiger partial charge in [0.05, 0.1) is 18.8 Å². The molecule has 1 rings (SSSR count). The molecule has 120 valence electrons. The number of ether oxygens (including phenoxy) is 5. The van der Waals surface area contributed by atoms with Crippen molar-refractivity contribution < 1.29 is 28.8 Å². The van der Waals surface area contributed by atoms with E-state index >= 15 is 0 Å². The van der Waals surface area contributed by atoms with Gasteiger partial charge in [-0.2, -0.15) is 0 Å².